The maximum Gasteiger partial charge on any atom is 0.387 e. The van der Waals surface area contributed by atoms with Crippen molar-refractivity contribution in [2.75, 3.05) is 0 Å². The van der Waals surface area contributed by atoms with E-state index in [0.717, 1.165) is 18.4 Å². The van der Waals surface area contributed by atoms with Gasteiger partial charge in [-0.05, 0) is 48.2 Å². The minimum Gasteiger partial charge on any atom is -0.435 e. The third-order valence-corrected chi connectivity index (χ3v) is 3.78. The van der Waals surface area contributed by atoms with Gasteiger partial charge in [0.15, 0.2) is 0 Å². The molecule has 0 saturated heterocycles. The summed E-state index contributed by atoms with van der Waals surface area (Å²) >= 11 is 0. The molecule has 3 rings (SSSR count). The van der Waals surface area contributed by atoms with E-state index in [1.165, 1.54) is 29.8 Å². The first-order valence-corrected chi connectivity index (χ1v) is 7.07. The number of ether oxygens (including phenoxy) is 1. The zero-order valence-corrected chi connectivity index (χ0v) is 11.8. The van der Waals surface area contributed by atoms with Gasteiger partial charge in [-0.2, -0.15) is 8.78 Å². The molecular weight excluding hydrogens is 288 g/mol. The first-order valence-electron chi connectivity index (χ1n) is 7.07. The van der Waals surface area contributed by atoms with Crippen LogP contribution in [0.1, 0.15) is 33.9 Å². The van der Waals surface area contributed by atoms with Gasteiger partial charge in [0.05, 0.1) is 6.04 Å². The molecule has 0 heterocycles. The predicted molar refractivity (Wildman–Crippen MR) is 78.0 cm³/mol. The molecule has 1 unspecified atom stereocenters. The van der Waals surface area contributed by atoms with Crippen molar-refractivity contribution in [3.05, 3.63) is 65.2 Å². The van der Waals surface area contributed by atoms with Crippen molar-refractivity contribution >= 4 is 5.91 Å². The summed E-state index contributed by atoms with van der Waals surface area (Å²) in [6, 6.07) is 13.7. The highest BCUT2D eigenvalue weighted by atomic mass is 19.3. The number of amides is 1. The lowest BCUT2D eigenvalue weighted by molar-refractivity contribution is -0.0498. The summed E-state index contributed by atoms with van der Waals surface area (Å²) in [5, 5.41) is 2.98. The lowest BCUT2D eigenvalue weighted by atomic mass is 10.1. The second-order valence-electron chi connectivity index (χ2n) is 5.17. The Hall–Kier alpha value is -2.43. The van der Waals surface area contributed by atoms with Gasteiger partial charge in [-0.25, -0.2) is 0 Å². The van der Waals surface area contributed by atoms with Gasteiger partial charge in [0.25, 0.3) is 5.91 Å². The Bertz CT molecular complexity index is 671. The fourth-order valence-corrected chi connectivity index (χ4v) is 2.74. The van der Waals surface area contributed by atoms with E-state index in [1.807, 2.05) is 18.2 Å². The van der Waals surface area contributed by atoms with Crippen LogP contribution in [0, 0.1) is 0 Å². The number of fused-ring (bicyclic) bond motifs is 1. The van der Waals surface area contributed by atoms with Crippen LogP contribution >= 0.6 is 0 Å². The second-order valence-corrected chi connectivity index (χ2v) is 5.17. The van der Waals surface area contributed by atoms with Crippen LogP contribution in [0.15, 0.2) is 48.5 Å². The maximum atomic E-state index is 12.2. The molecule has 0 bridgehead atoms. The van der Waals surface area contributed by atoms with Crippen LogP contribution < -0.4 is 10.1 Å². The molecule has 0 aromatic heterocycles. The molecular formula is C17H15F2NO2. The van der Waals surface area contributed by atoms with Crippen molar-refractivity contribution in [3.63, 3.8) is 0 Å². The number of hydrogen-bond donors (Lipinski definition) is 1. The van der Waals surface area contributed by atoms with Crippen molar-refractivity contribution in [3.8, 4) is 5.75 Å². The van der Waals surface area contributed by atoms with Crippen LogP contribution in [-0.2, 0) is 6.42 Å². The maximum absolute atomic E-state index is 12.2. The fraction of sp³-hybridized carbons (Fsp3) is 0.235. The summed E-state index contributed by atoms with van der Waals surface area (Å²) < 4.78 is 28.4. The van der Waals surface area contributed by atoms with Crippen molar-refractivity contribution in [2.24, 2.45) is 0 Å². The Morgan fingerprint density at radius 2 is 1.86 bits per heavy atom. The van der Waals surface area contributed by atoms with E-state index >= 15 is 0 Å². The van der Waals surface area contributed by atoms with Crippen molar-refractivity contribution in [1.29, 1.82) is 0 Å². The lowest BCUT2D eigenvalue weighted by Crippen LogP contribution is -2.27. The molecule has 0 saturated carbocycles. The second kappa shape index (κ2) is 6.13. The minimum atomic E-state index is -2.87. The smallest absolute Gasteiger partial charge is 0.387 e. The van der Waals surface area contributed by atoms with Crippen LogP contribution in [-0.4, -0.2) is 12.5 Å². The zero-order valence-electron chi connectivity index (χ0n) is 11.8. The lowest BCUT2D eigenvalue weighted by Gasteiger charge is -2.14. The summed E-state index contributed by atoms with van der Waals surface area (Å²) in [7, 11) is 0. The SMILES string of the molecule is O=C(NC1CCc2ccccc21)c1ccc(OC(F)F)cc1. The van der Waals surface area contributed by atoms with Crippen LogP contribution in [0.3, 0.4) is 0 Å². The molecule has 0 aliphatic heterocycles. The van der Waals surface area contributed by atoms with Crippen LogP contribution in [0.4, 0.5) is 8.78 Å². The number of aryl methyl sites for hydroxylation is 1. The van der Waals surface area contributed by atoms with Crippen LogP contribution in [0.5, 0.6) is 5.75 Å². The number of hydrogen-bond acceptors (Lipinski definition) is 2. The standard InChI is InChI=1S/C17H15F2NO2/c18-17(19)22-13-8-5-12(6-9-13)16(21)20-15-10-7-11-3-1-2-4-14(11)15/h1-6,8-9,15,17H,7,10H2,(H,20,21). The third-order valence-electron chi connectivity index (χ3n) is 3.78. The molecule has 1 N–H and O–H groups in total. The quantitative estimate of drug-likeness (QED) is 0.935. The number of halogens is 2. The average Bonchev–Trinajstić information content (AvgIpc) is 2.91. The molecule has 0 radical (unpaired) electrons. The van der Waals surface area contributed by atoms with Crippen molar-refractivity contribution in [1.82, 2.24) is 5.32 Å². The van der Waals surface area contributed by atoms with Gasteiger partial charge in [-0.15, -0.1) is 0 Å². The molecule has 114 valence electrons. The van der Waals surface area contributed by atoms with E-state index in [1.54, 1.807) is 0 Å². The third kappa shape index (κ3) is 3.08. The number of carbonyl (C=O) groups is 1. The Labute approximate surface area is 126 Å². The molecule has 3 nitrogen and oxygen atoms in total. The number of nitrogens with one attached hydrogen (secondary N) is 1. The first-order chi connectivity index (χ1) is 10.6. The molecule has 5 heteroatoms. The van der Waals surface area contributed by atoms with Gasteiger partial charge in [0.1, 0.15) is 5.75 Å². The Kier molecular flexibility index (Phi) is 4.04. The van der Waals surface area contributed by atoms with Crippen molar-refractivity contribution < 1.29 is 18.3 Å². The van der Waals surface area contributed by atoms with Gasteiger partial charge in [0, 0.05) is 5.56 Å². The fourth-order valence-electron chi connectivity index (χ4n) is 2.74. The van der Waals surface area contributed by atoms with Gasteiger partial charge >= 0.3 is 6.61 Å². The van der Waals surface area contributed by atoms with Gasteiger partial charge in [-0.3, -0.25) is 4.79 Å². The topological polar surface area (TPSA) is 38.3 Å². The molecule has 1 aliphatic rings. The van der Waals surface area contributed by atoms with E-state index in [-0.39, 0.29) is 17.7 Å². The van der Waals surface area contributed by atoms with Crippen LogP contribution in [0.25, 0.3) is 0 Å². The number of alkyl halides is 2. The normalized spacial score (nSPS) is 16.4. The van der Waals surface area contributed by atoms with Crippen LogP contribution in [0.2, 0.25) is 0 Å². The number of rotatable bonds is 4. The highest BCUT2D eigenvalue weighted by Crippen LogP contribution is 2.30. The Balaban J connectivity index is 1.68. The Morgan fingerprint density at radius 1 is 1.14 bits per heavy atom. The van der Waals surface area contributed by atoms with Gasteiger partial charge in [0.2, 0.25) is 0 Å². The molecule has 0 fully saturated rings. The average molecular weight is 303 g/mol. The van der Waals surface area contributed by atoms with E-state index in [2.05, 4.69) is 16.1 Å². The molecule has 2 aromatic carbocycles. The molecule has 0 spiro atoms. The summed E-state index contributed by atoms with van der Waals surface area (Å²) in [6.45, 7) is -2.87. The highest BCUT2D eigenvalue weighted by Gasteiger charge is 2.23. The predicted octanol–water partition coefficient (Wildman–Crippen LogP) is 3.71. The first kappa shape index (κ1) is 14.5. The van der Waals surface area contributed by atoms with Gasteiger partial charge < -0.3 is 10.1 Å². The summed E-state index contributed by atoms with van der Waals surface area (Å²) in [4.78, 5) is 12.2. The van der Waals surface area contributed by atoms with E-state index < -0.39 is 6.61 Å². The summed E-state index contributed by atoms with van der Waals surface area (Å²) in [6.07, 6.45) is 1.82. The highest BCUT2D eigenvalue weighted by molar-refractivity contribution is 5.94. The Morgan fingerprint density at radius 3 is 2.59 bits per heavy atom. The minimum absolute atomic E-state index is 0.000639. The zero-order chi connectivity index (χ0) is 15.5. The van der Waals surface area contributed by atoms with E-state index in [4.69, 9.17) is 0 Å². The largest absolute Gasteiger partial charge is 0.435 e. The number of benzene rings is 2. The van der Waals surface area contributed by atoms with Gasteiger partial charge in [-0.1, -0.05) is 24.3 Å². The van der Waals surface area contributed by atoms with E-state index in [0.29, 0.717) is 5.56 Å². The molecule has 1 amide bonds. The summed E-state index contributed by atoms with van der Waals surface area (Å²) in [5.41, 5.74) is 2.83. The number of carbonyl (C=O) groups excluding carboxylic acids is 1. The monoisotopic (exact) mass is 303 g/mol. The van der Waals surface area contributed by atoms with E-state index in [9.17, 15) is 13.6 Å². The molecule has 22 heavy (non-hydrogen) atoms. The van der Waals surface area contributed by atoms with Crippen molar-refractivity contribution in [2.45, 2.75) is 25.5 Å². The summed E-state index contributed by atoms with van der Waals surface area (Å²) in [5.74, 6) is -0.178. The molecule has 1 atom stereocenters. The molecule has 1 aliphatic carbocycles. The molecule has 2 aromatic rings.